The topological polar surface area (TPSA) is 52.6 Å². The van der Waals surface area contributed by atoms with Crippen LogP contribution in [-0.4, -0.2) is 11.4 Å². The lowest BCUT2D eigenvalue weighted by Crippen LogP contribution is -2.02. The minimum Gasteiger partial charge on any atom is -0.427 e. The van der Waals surface area contributed by atoms with Gasteiger partial charge in [0.2, 0.25) is 0 Å². The maximum atomic E-state index is 10.6. The van der Waals surface area contributed by atoms with Crippen molar-refractivity contribution in [2.75, 3.05) is 0 Å². The van der Waals surface area contributed by atoms with E-state index in [9.17, 15) is 9.59 Å². The molecular formula is C9H7ClO4. The Bertz CT molecular complexity index is 330. The molecule has 0 aliphatic rings. The number of esters is 1. The third-order valence-electron chi connectivity index (χ3n) is 1.27. The van der Waals surface area contributed by atoms with Gasteiger partial charge in [-0.3, -0.25) is 4.79 Å². The predicted octanol–water partition coefficient (Wildman–Crippen LogP) is 2.35. The van der Waals surface area contributed by atoms with E-state index in [0.29, 0.717) is 5.75 Å². The van der Waals surface area contributed by atoms with Crippen molar-refractivity contribution in [3.8, 4) is 11.5 Å². The zero-order chi connectivity index (χ0) is 10.6. The molecule has 1 aromatic rings. The molecule has 0 atom stereocenters. The second-order valence-electron chi connectivity index (χ2n) is 2.41. The molecule has 4 nitrogen and oxygen atoms in total. The van der Waals surface area contributed by atoms with Crippen molar-refractivity contribution in [3.63, 3.8) is 0 Å². The summed E-state index contributed by atoms with van der Waals surface area (Å²) >= 11 is 5.00. The van der Waals surface area contributed by atoms with Crippen LogP contribution in [-0.2, 0) is 4.79 Å². The molecule has 0 aromatic heterocycles. The molecule has 0 fully saturated rings. The summed E-state index contributed by atoms with van der Waals surface area (Å²) in [6.07, 6.45) is 0. The summed E-state index contributed by atoms with van der Waals surface area (Å²) in [7, 11) is 0. The van der Waals surface area contributed by atoms with Crippen LogP contribution in [0.3, 0.4) is 0 Å². The van der Waals surface area contributed by atoms with Crippen LogP contribution in [0.1, 0.15) is 6.92 Å². The Morgan fingerprint density at radius 1 is 1.21 bits per heavy atom. The number of halogens is 1. The molecule has 0 radical (unpaired) electrons. The van der Waals surface area contributed by atoms with Crippen LogP contribution in [0.5, 0.6) is 11.5 Å². The first-order chi connectivity index (χ1) is 6.58. The highest BCUT2D eigenvalue weighted by Crippen LogP contribution is 2.20. The fourth-order valence-corrected chi connectivity index (χ4v) is 0.949. The molecule has 14 heavy (non-hydrogen) atoms. The van der Waals surface area contributed by atoms with Gasteiger partial charge in [0.1, 0.15) is 11.5 Å². The van der Waals surface area contributed by atoms with Gasteiger partial charge >= 0.3 is 11.4 Å². The summed E-state index contributed by atoms with van der Waals surface area (Å²) in [6.45, 7) is 1.28. The van der Waals surface area contributed by atoms with Crippen LogP contribution in [0.4, 0.5) is 4.79 Å². The van der Waals surface area contributed by atoms with Gasteiger partial charge in [-0.25, -0.2) is 4.79 Å². The maximum absolute atomic E-state index is 10.6. The molecule has 74 valence electrons. The Morgan fingerprint density at radius 3 is 2.29 bits per heavy atom. The second-order valence-corrected chi connectivity index (χ2v) is 2.72. The highest BCUT2D eigenvalue weighted by Gasteiger charge is 2.03. The molecule has 0 unspecified atom stereocenters. The fourth-order valence-electron chi connectivity index (χ4n) is 0.860. The third kappa shape index (κ3) is 3.45. The lowest BCUT2D eigenvalue weighted by atomic mass is 10.3. The van der Waals surface area contributed by atoms with E-state index in [1.807, 2.05) is 0 Å². The molecule has 0 aliphatic carbocycles. The van der Waals surface area contributed by atoms with Crippen LogP contribution in [0.15, 0.2) is 24.3 Å². The lowest BCUT2D eigenvalue weighted by molar-refractivity contribution is -0.131. The number of benzene rings is 1. The maximum Gasteiger partial charge on any atom is 0.409 e. The first-order valence-corrected chi connectivity index (χ1v) is 4.11. The van der Waals surface area contributed by atoms with Crippen molar-refractivity contribution >= 4 is 23.0 Å². The van der Waals surface area contributed by atoms with E-state index in [4.69, 9.17) is 16.3 Å². The SMILES string of the molecule is CC(=O)Oc1cccc(OC(=O)Cl)c1. The van der Waals surface area contributed by atoms with Gasteiger partial charge < -0.3 is 9.47 Å². The van der Waals surface area contributed by atoms with E-state index in [2.05, 4.69) is 4.74 Å². The molecule has 0 spiro atoms. The van der Waals surface area contributed by atoms with Crippen molar-refractivity contribution in [1.82, 2.24) is 0 Å². The molecule has 0 bridgehead atoms. The third-order valence-corrected chi connectivity index (χ3v) is 1.34. The average Bonchev–Trinajstić information content (AvgIpc) is 2.01. The van der Waals surface area contributed by atoms with Crippen LogP contribution >= 0.6 is 11.6 Å². The number of carbonyl (C=O) groups is 2. The summed E-state index contributed by atoms with van der Waals surface area (Å²) in [4.78, 5) is 21.0. The van der Waals surface area contributed by atoms with Crippen molar-refractivity contribution in [1.29, 1.82) is 0 Å². The van der Waals surface area contributed by atoms with Gasteiger partial charge in [0, 0.05) is 24.6 Å². The molecule has 1 aromatic carbocycles. The van der Waals surface area contributed by atoms with Crippen molar-refractivity contribution in [2.45, 2.75) is 6.92 Å². The predicted molar refractivity (Wildman–Crippen MR) is 49.6 cm³/mol. The molecule has 0 aliphatic heterocycles. The van der Waals surface area contributed by atoms with E-state index >= 15 is 0 Å². The zero-order valence-electron chi connectivity index (χ0n) is 7.32. The smallest absolute Gasteiger partial charge is 0.409 e. The summed E-state index contributed by atoms with van der Waals surface area (Å²) in [5.41, 5.74) is -0.940. The minimum atomic E-state index is -0.940. The van der Waals surface area contributed by atoms with Gasteiger partial charge in [-0.05, 0) is 12.1 Å². The molecule has 1 rings (SSSR count). The first-order valence-electron chi connectivity index (χ1n) is 3.74. The molecule has 0 N–H and O–H groups in total. The second kappa shape index (κ2) is 4.62. The standard InChI is InChI=1S/C9H7ClO4/c1-6(11)13-7-3-2-4-8(5-7)14-9(10)12/h2-5H,1H3. The Labute approximate surface area is 85.4 Å². The van der Waals surface area contributed by atoms with Gasteiger partial charge in [-0.15, -0.1) is 0 Å². The quantitative estimate of drug-likeness (QED) is 0.431. The summed E-state index contributed by atoms with van der Waals surface area (Å²) in [6, 6.07) is 6.05. The van der Waals surface area contributed by atoms with Gasteiger partial charge in [-0.1, -0.05) is 6.07 Å². The molecule has 0 saturated heterocycles. The van der Waals surface area contributed by atoms with E-state index in [-0.39, 0.29) is 5.75 Å². The van der Waals surface area contributed by atoms with Crippen molar-refractivity contribution in [2.24, 2.45) is 0 Å². The number of carbonyl (C=O) groups excluding carboxylic acids is 2. The van der Waals surface area contributed by atoms with Gasteiger partial charge in [0.25, 0.3) is 0 Å². The highest BCUT2D eigenvalue weighted by atomic mass is 35.5. The minimum absolute atomic E-state index is 0.226. The van der Waals surface area contributed by atoms with Crippen LogP contribution in [0.2, 0.25) is 0 Å². The molecule has 0 saturated carbocycles. The lowest BCUT2D eigenvalue weighted by Gasteiger charge is -2.03. The largest absolute Gasteiger partial charge is 0.427 e. The van der Waals surface area contributed by atoms with Gasteiger partial charge in [-0.2, -0.15) is 0 Å². The van der Waals surface area contributed by atoms with Crippen molar-refractivity contribution < 1.29 is 19.1 Å². The molecular weight excluding hydrogens is 208 g/mol. The van der Waals surface area contributed by atoms with E-state index in [0.717, 1.165) is 0 Å². The van der Waals surface area contributed by atoms with E-state index in [1.165, 1.54) is 19.1 Å². The summed E-state index contributed by atoms with van der Waals surface area (Å²) in [5.74, 6) is 0.0796. The van der Waals surface area contributed by atoms with Crippen LogP contribution < -0.4 is 9.47 Å². The Morgan fingerprint density at radius 2 is 1.79 bits per heavy atom. The average molecular weight is 215 g/mol. The number of hydrogen-bond donors (Lipinski definition) is 0. The Hall–Kier alpha value is -1.55. The summed E-state index contributed by atoms with van der Waals surface area (Å²) in [5, 5.41) is 0. The number of ether oxygens (including phenoxy) is 2. The molecule has 0 amide bonds. The number of rotatable bonds is 2. The van der Waals surface area contributed by atoms with Gasteiger partial charge in [0.05, 0.1) is 0 Å². The highest BCUT2D eigenvalue weighted by molar-refractivity contribution is 6.61. The summed E-state index contributed by atoms with van der Waals surface area (Å²) < 4.78 is 9.33. The first kappa shape index (κ1) is 10.5. The molecule has 5 heteroatoms. The Balaban J connectivity index is 2.78. The van der Waals surface area contributed by atoms with Crippen LogP contribution in [0.25, 0.3) is 0 Å². The Kier molecular flexibility index (Phi) is 3.48. The monoisotopic (exact) mass is 214 g/mol. The number of hydrogen-bond acceptors (Lipinski definition) is 4. The van der Waals surface area contributed by atoms with E-state index in [1.54, 1.807) is 12.1 Å². The fraction of sp³-hybridized carbons (Fsp3) is 0.111. The van der Waals surface area contributed by atoms with E-state index < -0.39 is 11.4 Å². The zero-order valence-corrected chi connectivity index (χ0v) is 8.08. The normalized spacial score (nSPS) is 9.29. The van der Waals surface area contributed by atoms with Crippen LogP contribution in [0, 0.1) is 0 Å². The molecule has 0 heterocycles. The van der Waals surface area contributed by atoms with Crippen molar-refractivity contribution in [3.05, 3.63) is 24.3 Å². The van der Waals surface area contributed by atoms with Gasteiger partial charge in [0.15, 0.2) is 0 Å².